The number of hydrogen-bond acceptors (Lipinski definition) is 3. The molecule has 0 aromatic rings. The minimum absolute atomic E-state index is 0.262. The molecule has 2 aliphatic carbocycles. The van der Waals surface area contributed by atoms with Crippen LogP contribution in [0.4, 0.5) is 0 Å². The lowest BCUT2D eigenvalue weighted by molar-refractivity contribution is 0.0711. The number of allylic oxidation sites excluding steroid dienone is 2. The van der Waals surface area contributed by atoms with Gasteiger partial charge in [0, 0.05) is 0 Å². The molecular weight excluding hydrogens is 288 g/mol. The van der Waals surface area contributed by atoms with Crippen LogP contribution in [0.3, 0.4) is 0 Å². The third kappa shape index (κ3) is 4.14. The Hall–Kier alpha value is -0.900. The van der Waals surface area contributed by atoms with E-state index >= 15 is 0 Å². The molecule has 23 heavy (non-hydrogen) atoms. The number of hydrogen-bond donors (Lipinski definition) is 3. The summed E-state index contributed by atoms with van der Waals surface area (Å²) in [6.45, 7) is 10.4. The molecule has 3 N–H and O–H groups in total. The fourth-order valence-electron chi connectivity index (χ4n) is 3.78. The van der Waals surface area contributed by atoms with Crippen LogP contribution in [0.5, 0.6) is 0 Å². The van der Waals surface area contributed by atoms with Crippen molar-refractivity contribution in [2.45, 2.75) is 72.2 Å². The van der Waals surface area contributed by atoms with Gasteiger partial charge in [0.15, 0.2) is 0 Å². The molecule has 0 aromatic heterocycles. The summed E-state index contributed by atoms with van der Waals surface area (Å²) >= 11 is 0. The lowest BCUT2D eigenvalue weighted by atomic mass is 9.97. The molecule has 1 fully saturated rings. The van der Waals surface area contributed by atoms with Crippen molar-refractivity contribution in [3.8, 4) is 0 Å². The average molecular weight is 320 g/mol. The van der Waals surface area contributed by atoms with Gasteiger partial charge in [0.2, 0.25) is 0 Å². The lowest BCUT2D eigenvalue weighted by Gasteiger charge is -2.18. The van der Waals surface area contributed by atoms with E-state index in [1.54, 1.807) is 13.0 Å². The van der Waals surface area contributed by atoms with Crippen LogP contribution in [-0.2, 0) is 0 Å². The maximum absolute atomic E-state index is 10.4. The van der Waals surface area contributed by atoms with Gasteiger partial charge < -0.3 is 15.3 Å². The van der Waals surface area contributed by atoms with Crippen molar-refractivity contribution in [2.75, 3.05) is 0 Å². The Bertz CT molecular complexity index is 527. The van der Waals surface area contributed by atoms with E-state index in [4.69, 9.17) is 0 Å². The number of fused-ring (bicyclic) bond motifs is 1. The minimum atomic E-state index is -0.978. The van der Waals surface area contributed by atoms with Crippen molar-refractivity contribution in [3.05, 3.63) is 34.9 Å². The Balaban J connectivity index is 2.28. The van der Waals surface area contributed by atoms with Gasteiger partial charge in [0.25, 0.3) is 0 Å². The first kappa shape index (κ1) is 18.4. The van der Waals surface area contributed by atoms with Gasteiger partial charge in [-0.2, -0.15) is 0 Å². The Morgan fingerprint density at radius 2 is 1.65 bits per heavy atom. The number of rotatable bonds is 0. The van der Waals surface area contributed by atoms with Crippen molar-refractivity contribution in [1.29, 1.82) is 0 Å². The second-order valence-corrected chi connectivity index (χ2v) is 8.05. The Morgan fingerprint density at radius 3 is 2.30 bits per heavy atom. The van der Waals surface area contributed by atoms with E-state index in [0.717, 1.165) is 18.4 Å². The molecule has 0 bridgehead atoms. The van der Waals surface area contributed by atoms with Crippen molar-refractivity contribution < 1.29 is 15.3 Å². The fraction of sp³-hybridized carbons (Fsp3) is 0.700. The van der Waals surface area contributed by atoms with Crippen molar-refractivity contribution in [3.63, 3.8) is 0 Å². The van der Waals surface area contributed by atoms with Gasteiger partial charge in [-0.1, -0.05) is 37.6 Å². The normalized spacial score (nSPS) is 38.6. The van der Waals surface area contributed by atoms with Gasteiger partial charge in [-0.15, -0.1) is 0 Å². The molecule has 0 amide bonds. The van der Waals surface area contributed by atoms with Crippen LogP contribution in [0.1, 0.15) is 53.9 Å². The molecule has 1 saturated carbocycles. The molecule has 0 radical (unpaired) electrons. The molecule has 0 spiro atoms. The lowest BCUT2D eigenvalue weighted by Crippen LogP contribution is -2.26. The summed E-state index contributed by atoms with van der Waals surface area (Å²) in [5, 5.41) is 30.8. The summed E-state index contributed by atoms with van der Waals surface area (Å²) in [6, 6.07) is 0. The van der Waals surface area contributed by atoms with E-state index in [1.165, 1.54) is 5.57 Å². The van der Waals surface area contributed by atoms with Crippen molar-refractivity contribution >= 4 is 0 Å². The van der Waals surface area contributed by atoms with Gasteiger partial charge in [-0.25, -0.2) is 0 Å². The second-order valence-electron chi connectivity index (χ2n) is 8.05. The summed E-state index contributed by atoms with van der Waals surface area (Å²) in [7, 11) is 0. The van der Waals surface area contributed by atoms with Gasteiger partial charge >= 0.3 is 0 Å². The number of aliphatic hydroxyl groups is 3. The maximum atomic E-state index is 10.4. The summed E-state index contributed by atoms with van der Waals surface area (Å²) in [4.78, 5) is 0. The minimum Gasteiger partial charge on any atom is -0.388 e. The molecule has 5 atom stereocenters. The zero-order valence-electron chi connectivity index (χ0n) is 15.1. The zero-order chi connectivity index (χ0) is 17.4. The number of aliphatic hydroxyl groups excluding tert-OH is 3. The molecule has 130 valence electrons. The molecule has 3 heteroatoms. The molecular formula is C20H32O3. The maximum Gasteiger partial charge on any atom is 0.104 e. The molecule has 2 aliphatic rings. The highest BCUT2D eigenvalue weighted by molar-refractivity contribution is 5.23. The Morgan fingerprint density at radius 1 is 1.00 bits per heavy atom. The van der Waals surface area contributed by atoms with E-state index < -0.39 is 18.3 Å². The Kier molecular flexibility index (Phi) is 5.55. The van der Waals surface area contributed by atoms with Crippen LogP contribution in [0.25, 0.3) is 0 Å². The third-order valence-corrected chi connectivity index (χ3v) is 5.87. The SMILES string of the molecule is CC1=CCC(O)C(C)=CC(O)C(O)C(C)=C[C@@H]2[C@H](CC1)C2(C)C. The molecule has 0 aliphatic heterocycles. The second kappa shape index (κ2) is 6.92. The van der Waals surface area contributed by atoms with Gasteiger partial charge in [0.05, 0.1) is 6.10 Å². The highest BCUT2D eigenvalue weighted by Gasteiger charge is 2.55. The summed E-state index contributed by atoms with van der Waals surface area (Å²) in [6.07, 6.45) is 6.07. The van der Waals surface area contributed by atoms with E-state index in [1.807, 2.05) is 6.92 Å². The van der Waals surface area contributed by atoms with Crippen molar-refractivity contribution in [1.82, 2.24) is 0 Å². The first-order valence-electron chi connectivity index (χ1n) is 8.71. The predicted molar refractivity (Wildman–Crippen MR) is 93.9 cm³/mol. The van der Waals surface area contributed by atoms with Crippen LogP contribution >= 0.6 is 0 Å². The van der Waals surface area contributed by atoms with Crippen LogP contribution in [0.2, 0.25) is 0 Å². The van der Waals surface area contributed by atoms with Gasteiger partial charge in [-0.05, 0) is 68.4 Å². The van der Waals surface area contributed by atoms with E-state index in [9.17, 15) is 15.3 Å². The third-order valence-electron chi connectivity index (χ3n) is 5.87. The Labute approximate surface area is 140 Å². The predicted octanol–water partition coefficient (Wildman–Crippen LogP) is 3.36. The smallest absolute Gasteiger partial charge is 0.104 e. The van der Waals surface area contributed by atoms with Crippen LogP contribution in [0, 0.1) is 17.3 Å². The van der Waals surface area contributed by atoms with Crippen LogP contribution in [-0.4, -0.2) is 33.6 Å². The topological polar surface area (TPSA) is 60.7 Å². The van der Waals surface area contributed by atoms with Crippen molar-refractivity contribution in [2.24, 2.45) is 17.3 Å². The first-order valence-corrected chi connectivity index (χ1v) is 8.71. The molecule has 2 rings (SSSR count). The van der Waals surface area contributed by atoms with Gasteiger partial charge in [0.1, 0.15) is 12.2 Å². The highest BCUT2D eigenvalue weighted by Crippen LogP contribution is 2.61. The van der Waals surface area contributed by atoms with Crippen LogP contribution in [0.15, 0.2) is 34.9 Å². The first-order chi connectivity index (χ1) is 10.6. The zero-order valence-corrected chi connectivity index (χ0v) is 15.1. The summed E-state index contributed by atoms with van der Waals surface area (Å²) < 4.78 is 0. The molecule has 3 unspecified atom stereocenters. The fourth-order valence-corrected chi connectivity index (χ4v) is 3.78. The molecule has 0 saturated heterocycles. The largest absolute Gasteiger partial charge is 0.388 e. The monoisotopic (exact) mass is 320 g/mol. The quantitative estimate of drug-likeness (QED) is 0.600. The summed E-state index contributed by atoms with van der Waals surface area (Å²) in [5.74, 6) is 1.09. The highest BCUT2D eigenvalue weighted by atomic mass is 16.3. The molecule has 3 nitrogen and oxygen atoms in total. The van der Waals surface area contributed by atoms with E-state index in [-0.39, 0.29) is 5.41 Å². The molecule has 0 heterocycles. The molecule has 0 aromatic carbocycles. The summed E-state index contributed by atoms with van der Waals surface area (Å²) in [5.41, 5.74) is 3.10. The standard InChI is InChI=1S/C20H32O3/c1-12-6-8-15-16(20(15,4)5)10-14(3)19(23)18(22)11-13(2)17(21)9-7-12/h7,10-11,15-19,21-23H,6,8-9H2,1-5H3/t15-,16+,17?,18?,19?/m0/s1. The van der Waals surface area contributed by atoms with Gasteiger partial charge in [-0.3, -0.25) is 0 Å². The average Bonchev–Trinajstić information content (AvgIpc) is 3.00. The van der Waals surface area contributed by atoms with E-state index in [2.05, 4.69) is 32.9 Å². The van der Waals surface area contributed by atoms with Crippen LogP contribution < -0.4 is 0 Å². The van der Waals surface area contributed by atoms with E-state index in [0.29, 0.717) is 23.8 Å².